The molecule has 0 saturated carbocycles. The maximum absolute atomic E-state index is 13.7. The van der Waals surface area contributed by atoms with Gasteiger partial charge in [-0.2, -0.15) is 8.61 Å². The van der Waals surface area contributed by atoms with Gasteiger partial charge in [-0.15, -0.1) is 0 Å². The van der Waals surface area contributed by atoms with Crippen LogP contribution in [0.2, 0.25) is 0 Å². The third kappa shape index (κ3) is 7.07. The number of carbonyl (C=O) groups is 1. The van der Waals surface area contributed by atoms with Crippen molar-refractivity contribution in [2.75, 3.05) is 31.6 Å². The minimum Gasteiger partial charge on any atom is -0.377 e. The number of sulfonamides is 2. The first-order valence-corrected chi connectivity index (χ1v) is 16.5. The molecule has 2 aliphatic rings. The van der Waals surface area contributed by atoms with E-state index in [1.807, 2.05) is 39.0 Å². The fourth-order valence-electron chi connectivity index (χ4n) is 5.44. The number of ether oxygens (including phenoxy) is 1. The Morgan fingerprint density at radius 1 is 0.974 bits per heavy atom. The van der Waals surface area contributed by atoms with Crippen LogP contribution >= 0.6 is 0 Å². The van der Waals surface area contributed by atoms with Gasteiger partial charge >= 0.3 is 0 Å². The molecule has 214 valence electrons. The van der Waals surface area contributed by atoms with E-state index in [4.69, 9.17) is 4.74 Å². The number of nitrogens with one attached hydrogen (secondary N) is 1. The first kappa shape index (κ1) is 29.7. The molecule has 1 amide bonds. The van der Waals surface area contributed by atoms with Crippen molar-refractivity contribution in [2.24, 2.45) is 0 Å². The molecule has 2 aromatic carbocycles. The van der Waals surface area contributed by atoms with Gasteiger partial charge in [0.05, 0.1) is 22.4 Å². The van der Waals surface area contributed by atoms with Crippen molar-refractivity contribution in [3.05, 3.63) is 53.6 Å². The Labute approximate surface area is 232 Å². The third-order valence-corrected chi connectivity index (χ3v) is 11.2. The molecular formula is C28H39N3O6S2. The fourth-order valence-corrected chi connectivity index (χ4v) is 8.63. The topological polar surface area (TPSA) is 113 Å². The van der Waals surface area contributed by atoms with E-state index in [1.165, 1.54) is 24.3 Å². The average Bonchev–Trinajstić information content (AvgIpc) is 3.41. The molecule has 0 bridgehead atoms. The van der Waals surface area contributed by atoms with E-state index >= 15 is 0 Å². The van der Waals surface area contributed by atoms with Crippen molar-refractivity contribution >= 4 is 31.6 Å². The number of benzene rings is 2. The molecule has 2 aliphatic heterocycles. The summed E-state index contributed by atoms with van der Waals surface area (Å²) in [6, 6.07) is 10.9. The molecule has 11 heteroatoms. The lowest BCUT2D eigenvalue weighted by Crippen LogP contribution is -2.43. The number of anilines is 1. The van der Waals surface area contributed by atoms with Gasteiger partial charge in [-0.05, 0) is 93.5 Å². The summed E-state index contributed by atoms with van der Waals surface area (Å²) in [5, 5.41) is 2.81. The zero-order valence-electron chi connectivity index (χ0n) is 22.9. The average molecular weight is 578 g/mol. The van der Waals surface area contributed by atoms with E-state index in [-0.39, 0.29) is 35.0 Å². The first-order valence-electron chi connectivity index (χ1n) is 13.6. The summed E-state index contributed by atoms with van der Waals surface area (Å²) in [7, 11) is -7.86. The van der Waals surface area contributed by atoms with Crippen LogP contribution in [-0.2, 0) is 29.6 Å². The van der Waals surface area contributed by atoms with Crippen LogP contribution in [0.1, 0.15) is 56.6 Å². The Hall–Kier alpha value is -2.31. The van der Waals surface area contributed by atoms with Gasteiger partial charge in [0.1, 0.15) is 0 Å². The van der Waals surface area contributed by atoms with Crippen LogP contribution < -0.4 is 5.32 Å². The summed E-state index contributed by atoms with van der Waals surface area (Å²) in [4.78, 5) is 13.0. The quantitative estimate of drug-likeness (QED) is 0.456. The maximum atomic E-state index is 13.7. The number of rotatable bonds is 10. The number of hydrogen-bond acceptors (Lipinski definition) is 6. The second kappa shape index (κ2) is 12.5. The van der Waals surface area contributed by atoms with Crippen molar-refractivity contribution in [3.63, 3.8) is 0 Å². The minimum atomic E-state index is -4.11. The molecular weight excluding hydrogens is 538 g/mol. The highest BCUT2D eigenvalue weighted by atomic mass is 32.2. The second-order valence-electron chi connectivity index (χ2n) is 10.5. The highest BCUT2D eigenvalue weighted by molar-refractivity contribution is 7.89. The largest absolute Gasteiger partial charge is 0.377 e. The van der Waals surface area contributed by atoms with Gasteiger partial charge in [-0.3, -0.25) is 4.79 Å². The van der Waals surface area contributed by atoms with Crippen molar-refractivity contribution in [2.45, 2.75) is 81.2 Å². The summed E-state index contributed by atoms with van der Waals surface area (Å²) >= 11 is 0. The van der Waals surface area contributed by atoms with Gasteiger partial charge in [0, 0.05) is 31.4 Å². The monoisotopic (exact) mass is 577 g/mol. The summed E-state index contributed by atoms with van der Waals surface area (Å²) in [5.41, 5.74) is 2.57. The van der Waals surface area contributed by atoms with Crippen molar-refractivity contribution < 1.29 is 26.4 Å². The summed E-state index contributed by atoms with van der Waals surface area (Å²) in [6.45, 7) is 6.49. The Balaban J connectivity index is 1.56. The Bertz CT molecular complexity index is 1350. The van der Waals surface area contributed by atoms with Crippen molar-refractivity contribution in [1.82, 2.24) is 8.61 Å². The number of amides is 1. The van der Waals surface area contributed by atoms with E-state index in [0.717, 1.165) is 47.5 Å². The molecule has 2 heterocycles. The maximum Gasteiger partial charge on any atom is 0.243 e. The summed E-state index contributed by atoms with van der Waals surface area (Å²) in [5.74, 6) is -0.462. The number of nitrogens with zero attached hydrogens (tertiary/aromatic N) is 2. The van der Waals surface area contributed by atoms with E-state index in [1.54, 1.807) is 4.31 Å². The molecule has 39 heavy (non-hydrogen) atoms. The SMILES string of the molecule is CC[C@@H]1CCCCN1S(=O)(=O)c1ccc(S(=O)(=O)N(CC(=O)Nc2cc(C)cc(C)c2)C[C@@H]2CCCO2)cc1. The number of hydrogen-bond donors (Lipinski definition) is 1. The molecule has 4 rings (SSSR count). The minimum absolute atomic E-state index is 0.0363. The zero-order chi connectivity index (χ0) is 28.2. The summed E-state index contributed by atoms with van der Waals surface area (Å²) in [6.07, 6.45) is 4.59. The molecule has 2 fully saturated rings. The van der Waals surface area contributed by atoms with E-state index in [9.17, 15) is 21.6 Å². The second-order valence-corrected chi connectivity index (χ2v) is 14.3. The normalized spacial score (nSPS) is 20.8. The molecule has 1 N–H and O–H groups in total. The van der Waals surface area contributed by atoms with Gasteiger partial charge in [0.15, 0.2) is 0 Å². The van der Waals surface area contributed by atoms with Gasteiger partial charge in [-0.1, -0.05) is 19.4 Å². The first-order chi connectivity index (χ1) is 18.5. The smallest absolute Gasteiger partial charge is 0.243 e. The van der Waals surface area contributed by atoms with Crippen molar-refractivity contribution in [1.29, 1.82) is 0 Å². The lowest BCUT2D eigenvalue weighted by molar-refractivity contribution is -0.116. The van der Waals surface area contributed by atoms with Crippen LogP contribution in [0.15, 0.2) is 52.3 Å². The van der Waals surface area contributed by atoms with E-state index in [2.05, 4.69) is 5.32 Å². The van der Waals surface area contributed by atoms with Crippen LogP contribution in [0.5, 0.6) is 0 Å². The zero-order valence-corrected chi connectivity index (χ0v) is 24.6. The molecule has 2 aromatic rings. The number of aryl methyl sites for hydroxylation is 2. The standard InChI is InChI=1S/C28H39N3O6S2/c1-4-24-8-5-6-14-31(24)39(35,36)27-12-10-26(11-13-27)38(33,34)30(19-25-9-7-15-37-25)20-28(32)29-23-17-21(2)16-22(3)18-23/h10-13,16-18,24-25H,4-9,14-15,19-20H2,1-3H3,(H,29,32)/t24-,25+/m1/s1. The Kier molecular flexibility index (Phi) is 9.49. The fraction of sp³-hybridized carbons (Fsp3) is 0.536. The Morgan fingerprint density at radius 3 is 2.26 bits per heavy atom. The molecule has 2 atom stereocenters. The molecule has 0 aromatic heterocycles. The predicted molar refractivity (Wildman–Crippen MR) is 151 cm³/mol. The van der Waals surface area contributed by atoms with Crippen molar-refractivity contribution in [3.8, 4) is 0 Å². The molecule has 2 saturated heterocycles. The van der Waals surface area contributed by atoms with Crippen LogP contribution in [0, 0.1) is 13.8 Å². The highest BCUT2D eigenvalue weighted by Gasteiger charge is 2.34. The Morgan fingerprint density at radius 2 is 1.64 bits per heavy atom. The molecule has 0 spiro atoms. The molecule has 0 unspecified atom stereocenters. The van der Waals surface area contributed by atoms with Gasteiger partial charge < -0.3 is 10.1 Å². The predicted octanol–water partition coefficient (Wildman–Crippen LogP) is 4.07. The third-order valence-electron chi connectivity index (χ3n) is 7.37. The van der Waals surface area contributed by atoms with E-state index in [0.29, 0.717) is 25.3 Å². The van der Waals surface area contributed by atoms with Crippen LogP contribution in [0.4, 0.5) is 5.69 Å². The van der Waals surface area contributed by atoms with Gasteiger partial charge in [0.25, 0.3) is 0 Å². The van der Waals surface area contributed by atoms with E-state index < -0.39 is 26.0 Å². The highest BCUT2D eigenvalue weighted by Crippen LogP contribution is 2.28. The van der Waals surface area contributed by atoms with Crippen LogP contribution in [0.25, 0.3) is 0 Å². The number of carbonyl (C=O) groups excluding carboxylic acids is 1. The van der Waals surface area contributed by atoms with Crippen LogP contribution in [0.3, 0.4) is 0 Å². The number of piperidine rings is 1. The van der Waals surface area contributed by atoms with Gasteiger partial charge in [-0.25, -0.2) is 16.8 Å². The molecule has 9 nitrogen and oxygen atoms in total. The van der Waals surface area contributed by atoms with Gasteiger partial charge in [0.2, 0.25) is 26.0 Å². The lowest BCUT2D eigenvalue weighted by Gasteiger charge is -2.34. The molecule has 0 aliphatic carbocycles. The van der Waals surface area contributed by atoms with Crippen LogP contribution in [-0.4, -0.2) is 69.7 Å². The lowest BCUT2D eigenvalue weighted by atomic mass is 10.0. The molecule has 0 radical (unpaired) electrons. The summed E-state index contributed by atoms with van der Waals surface area (Å²) < 4.78 is 62.5.